The first kappa shape index (κ1) is 9.88. The minimum absolute atomic E-state index is 0.104. The average molecular weight is 216 g/mol. The highest BCUT2D eigenvalue weighted by Gasteiger charge is 2.68. The Labute approximate surface area is 95.3 Å². The monoisotopic (exact) mass is 216 g/mol. The lowest BCUT2D eigenvalue weighted by Gasteiger charge is -2.07. The molecule has 2 heteroatoms. The van der Waals surface area contributed by atoms with Crippen molar-refractivity contribution in [2.75, 3.05) is 0 Å². The van der Waals surface area contributed by atoms with Gasteiger partial charge in [0, 0.05) is 5.92 Å². The van der Waals surface area contributed by atoms with E-state index in [1.807, 2.05) is 18.2 Å². The summed E-state index contributed by atoms with van der Waals surface area (Å²) in [7, 11) is 0. The summed E-state index contributed by atoms with van der Waals surface area (Å²) >= 11 is 0. The molecule has 1 spiro atoms. The van der Waals surface area contributed by atoms with Gasteiger partial charge in [0.1, 0.15) is 0 Å². The van der Waals surface area contributed by atoms with Crippen LogP contribution in [0, 0.1) is 11.3 Å². The Kier molecular flexibility index (Phi) is 2.06. The van der Waals surface area contributed by atoms with E-state index < -0.39 is 5.97 Å². The fourth-order valence-corrected chi connectivity index (χ4v) is 3.72. The van der Waals surface area contributed by atoms with Gasteiger partial charge in [-0.25, -0.2) is 0 Å². The number of rotatable bonds is 2. The van der Waals surface area contributed by atoms with E-state index in [2.05, 4.69) is 12.1 Å². The zero-order chi connectivity index (χ0) is 11.2. The Hall–Kier alpha value is -1.31. The van der Waals surface area contributed by atoms with Crippen LogP contribution in [0.4, 0.5) is 0 Å². The lowest BCUT2D eigenvalue weighted by molar-refractivity contribution is -0.139. The van der Waals surface area contributed by atoms with Crippen LogP contribution in [0.5, 0.6) is 0 Å². The first-order chi connectivity index (χ1) is 7.76. The first-order valence-corrected chi connectivity index (χ1v) is 6.03. The number of aliphatic carboxylic acids is 1. The van der Waals surface area contributed by atoms with Crippen molar-refractivity contribution >= 4 is 5.97 Å². The zero-order valence-electron chi connectivity index (χ0n) is 9.23. The smallest absolute Gasteiger partial charge is 0.307 e. The van der Waals surface area contributed by atoms with Crippen LogP contribution >= 0.6 is 0 Å². The van der Waals surface area contributed by atoms with Gasteiger partial charge in [0.2, 0.25) is 0 Å². The molecule has 1 unspecified atom stereocenters. The minimum atomic E-state index is -0.601. The maximum Gasteiger partial charge on any atom is 0.307 e. The molecule has 2 atom stereocenters. The lowest BCUT2D eigenvalue weighted by atomic mass is 9.97. The van der Waals surface area contributed by atoms with E-state index in [9.17, 15) is 9.90 Å². The summed E-state index contributed by atoms with van der Waals surface area (Å²) in [6.07, 6.45) is 4.60. The topological polar surface area (TPSA) is 37.3 Å². The van der Waals surface area contributed by atoms with Crippen molar-refractivity contribution in [1.82, 2.24) is 0 Å². The predicted molar refractivity (Wildman–Crippen MR) is 61.2 cm³/mol. The standard InChI is InChI=1S/C14H16O2/c15-13(16)12-11(10-6-2-1-3-7-10)14(12)8-4-5-9-14/h1-3,6-7,11-12H,4-5,8-9H2,(H,15,16)/t11-,12?/m1/s1. The molecule has 84 valence electrons. The molecule has 0 aromatic heterocycles. The molecule has 0 radical (unpaired) electrons. The van der Waals surface area contributed by atoms with E-state index >= 15 is 0 Å². The van der Waals surface area contributed by atoms with Crippen LogP contribution in [0.3, 0.4) is 0 Å². The molecule has 2 fully saturated rings. The third kappa shape index (κ3) is 1.22. The summed E-state index contributed by atoms with van der Waals surface area (Å²) in [6.45, 7) is 0. The second kappa shape index (κ2) is 3.34. The Balaban J connectivity index is 1.94. The summed E-state index contributed by atoms with van der Waals surface area (Å²) < 4.78 is 0. The summed E-state index contributed by atoms with van der Waals surface area (Å²) in [6, 6.07) is 10.2. The highest BCUT2D eigenvalue weighted by Crippen LogP contribution is 2.72. The molecule has 0 saturated heterocycles. The second-order valence-electron chi connectivity index (χ2n) is 5.14. The maximum atomic E-state index is 11.3. The maximum absolute atomic E-state index is 11.3. The van der Waals surface area contributed by atoms with E-state index in [-0.39, 0.29) is 17.3 Å². The number of carboxylic acids is 1. The molecule has 0 amide bonds. The van der Waals surface area contributed by atoms with Gasteiger partial charge in [-0.1, -0.05) is 43.2 Å². The predicted octanol–water partition coefficient (Wildman–Crippen LogP) is 3.05. The summed E-state index contributed by atoms with van der Waals surface area (Å²) in [4.78, 5) is 11.3. The van der Waals surface area contributed by atoms with Gasteiger partial charge in [-0.05, 0) is 23.8 Å². The van der Waals surface area contributed by atoms with E-state index in [1.54, 1.807) is 0 Å². The first-order valence-electron chi connectivity index (χ1n) is 6.03. The normalized spacial score (nSPS) is 30.5. The Bertz CT molecular complexity index is 404. The van der Waals surface area contributed by atoms with Crippen molar-refractivity contribution in [3.8, 4) is 0 Å². The average Bonchev–Trinajstić information content (AvgIpc) is 2.67. The molecule has 2 aliphatic carbocycles. The molecule has 3 rings (SSSR count). The SMILES string of the molecule is O=C(O)C1[C@@H](c2ccccc2)C12CCCC2. The van der Waals surface area contributed by atoms with Crippen molar-refractivity contribution in [3.63, 3.8) is 0 Å². The summed E-state index contributed by atoms with van der Waals surface area (Å²) in [5.74, 6) is -0.457. The molecule has 2 aliphatic rings. The molecule has 2 saturated carbocycles. The van der Waals surface area contributed by atoms with Crippen molar-refractivity contribution in [1.29, 1.82) is 0 Å². The summed E-state index contributed by atoms with van der Waals surface area (Å²) in [5.41, 5.74) is 1.32. The Morgan fingerprint density at radius 1 is 1.19 bits per heavy atom. The van der Waals surface area contributed by atoms with Gasteiger partial charge in [0.15, 0.2) is 0 Å². The fraction of sp³-hybridized carbons (Fsp3) is 0.500. The van der Waals surface area contributed by atoms with Crippen LogP contribution in [-0.2, 0) is 4.79 Å². The van der Waals surface area contributed by atoms with Crippen molar-refractivity contribution in [3.05, 3.63) is 35.9 Å². The quantitative estimate of drug-likeness (QED) is 0.825. The molecule has 1 N–H and O–H groups in total. The molecule has 0 bridgehead atoms. The van der Waals surface area contributed by atoms with Crippen LogP contribution in [0.15, 0.2) is 30.3 Å². The molecule has 1 aromatic carbocycles. The third-order valence-electron chi connectivity index (χ3n) is 4.42. The van der Waals surface area contributed by atoms with Crippen LogP contribution in [0.2, 0.25) is 0 Å². The highest BCUT2D eigenvalue weighted by atomic mass is 16.4. The number of benzene rings is 1. The van der Waals surface area contributed by atoms with Crippen LogP contribution in [-0.4, -0.2) is 11.1 Å². The van der Waals surface area contributed by atoms with E-state index in [4.69, 9.17) is 0 Å². The Morgan fingerprint density at radius 3 is 2.38 bits per heavy atom. The third-order valence-corrected chi connectivity index (χ3v) is 4.42. The molecule has 16 heavy (non-hydrogen) atoms. The van der Waals surface area contributed by atoms with Crippen LogP contribution in [0.1, 0.15) is 37.2 Å². The van der Waals surface area contributed by atoms with Gasteiger partial charge >= 0.3 is 5.97 Å². The zero-order valence-corrected chi connectivity index (χ0v) is 9.23. The molecule has 1 aromatic rings. The van der Waals surface area contributed by atoms with Gasteiger partial charge in [-0.15, -0.1) is 0 Å². The van der Waals surface area contributed by atoms with Crippen molar-refractivity contribution < 1.29 is 9.90 Å². The van der Waals surface area contributed by atoms with Gasteiger partial charge in [-0.3, -0.25) is 4.79 Å². The van der Waals surface area contributed by atoms with Crippen molar-refractivity contribution in [2.24, 2.45) is 11.3 Å². The number of carboxylic acid groups (broad SMARTS) is 1. The minimum Gasteiger partial charge on any atom is -0.481 e. The number of carbonyl (C=O) groups is 1. The fourth-order valence-electron chi connectivity index (χ4n) is 3.72. The molecule has 0 heterocycles. The van der Waals surface area contributed by atoms with Crippen molar-refractivity contribution in [2.45, 2.75) is 31.6 Å². The Morgan fingerprint density at radius 2 is 1.81 bits per heavy atom. The van der Waals surface area contributed by atoms with Gasteiger partial charge in [0.25, 0.3) is 0 Å². The summed E-state index contributed by atoms with van der Waals surface area (Å²) in [5, 5.41) is 9.31. The largest absolute Gasteiger partial charge is 0.481 e. The second-order valence-corrected chi connectivity index (χ2v) is 5.14. The molecule has 2 nitrogen and oxygen atoms in total. The van der Waals surface area contributed by atoms with Gasteiger partial charge in [-0.2, -0.15) is 0 Å². The van der Waals surface area contributed by atoms with E-state index in [0.29, 0.717) is 0 Å². The molecule has 0 aliphatic heterocycles. The number of hydrogen-bond donors (Lipinski definition) is 1. The molecular weight excluding hydrogens is 200 g/mol. The number of hydrogen-bond acceptors (Lipinski definition) is 1. The van der Waals surface area contributed by atoms with Crippen LogP contribution in [0.25, 0.3) is 0 Å². The van der Waals surface area contributed by atoms with E-state index in [0.717, 1.165) is 12.8 Å². The lowest BCUT2D eigenvalue weighted by Crippen LogP contribution is -2.06. The van der Waals surface area contributed by atoms with Gasteiger partial charge in [0.05, 0.1) is 5.92 Å². The highest BCUT2D eigenvalue weighted by molar-refractivity contribution is 5.78. The van der Waals surface area contributed by atoms with E-state index in [1.165, 1.54) is 18.4 Å². The van der Waals surface area contributed by atoms with Gasteiger partial charge < -0.3 is 5.11 Å². The molecular formula is C14H16O2. The van der Waals surface area contributed by atoms with Crippen LogP contribution < -0.4 is 0 Å².